The van der Waals surface area contributed by atoms with Crippen LogP contribution in [-0.2, 0) is 28.9 Å². The Morgan fingerprint density at radius 3 is 1.93 bits per heavy atom. The number of halogens is 5. The van der Waals surface area contributed by atoms with Crippen molar-refractivity contribution in [1.29, 1.82) is 0 Å². The van der Waals surface area contributed by atoms with Crippen molar-refractivity contribution in [1.82, 2.24) is 20.3 Å². The Bertz CT molecular complexity index is 3390. The van der Waals surface area contributed by atoms with Crippen LogP contribution in [-0.4, -0.2) is 80.8 Å². The van der Waals surface area contributed by atoms with Crippen molar-refractivity contribution >= 4 is 57.9 Å². The van der Waals surface area contributed by atoms with Crippen molar-refractivity contribution in [3.63, 3.8) is 0 Å². The Morgan fingerprint density at radius 1 is 0.733 bits per heavy atom. The Morgan fingerprint density at radius 2 is 1.35 bits per heavy atom. The van der Waals surface area contributed by atoms with E-state index in [0.29, 0.717) is 63.9 Å². The number of anilines is 2. The SMILES string of the molecule is O=C(O)c1ccc2nc(N3CCC4(CC(OCc5c(-c6cc(-c7cc(Cl)c(-c8noc(C9CC9)c8COC8CC9(CCN(c%10ccc(C(=O)O)nc%10)C9)C8)c(Cl)c7)ccc6C(F)(F)F)noc5C5CC5)C4)C3)oc2c1. The van der Waals surface area contributed by atoms with Crippen LogP contribution in [0.15, 0.2) is 80.3 Å². The molecule has 15 nitrogen and oxygen atoms in total. The van der Waals surface area contributed by atoms with Gasteiger partial charge in [-0.15, -0.1) is 0 Å². The molecule has 2 spiro atoms. The summed E-state index contributed by atoms with van der Waals surface area (Å²) < 4.78 is 75.8. The van der Waals surface area contributed by atoms with Gasteiger partial charge in [-0.25, -0.2) is 14.6 Å². The smallest absolute Gasteiger partial charge is 0.417 e. The van der Waals surface area contributed by atoms with Gasteiger partial charge in [-0.3, -0.25) is 0 Å². The summed E-state index contributed by atoms with van der Waals surface area (Å²) >= 11 is 14.2. The molecule has 0 bridgehead atoms. The zero-order valence-corrected chi connectivity index (χ0v) is 41.8. The van der Waals surface area contributed by atoms with Crippen molar-refractivity contribution < 1.29 is 55.9 Å². The van der Waals surface area contributed by atoms with Gasteiger partial charge in [0.25, 0.3) is 6.01 Å². The molecule has 2 aliphatic heterocycles. The van der Waals surface area contributed by atoms with Gasteiger partial charge >= 0.3 is 18.1 Å². The molecule has 0 atom stereocenters. The molecule has 3 aromatic carbocycles. The lowest BCUT2D eigenvalue weighted by Gasteiger charge is -2.45. The van der Waals surface area contributed by atoms with Crippen LogP contribution in [0.2, 0.25) is 10.0 Å². The molecule has 388 valence electrons. The zero-order chi connectivity index (χ0) is 51.5. The molecule has 0 radical (unpaired) electrons. The first-order valence-corrected chi connectivity index (χ1v) is 26.1. The molecule has 4 aromatic heterocycles. The molecular weight excluding hydrogens is 1020 g/mol. The molecule has 7 aromatic rings. The van der Waals surface area contributed by atoms with Gasteiger partial charge in [-0.1, -0.05) is 39.6 Å². The fourth-order valence-electron chi connectivity index (χ4n) is 12.0. The summed E-state index contributed by atoms with van der Waals surface area (Å²) in [5, 5.41) is 28.0. The second-order valence-corrected chi connectivity index (χ2v) is 22.4. The minimum Gasteiger partial charge on any atom is -0.478 e. The van der Waals surface area contributed by atoms with Crippen LogP contribution in [0.5, 0.6) is 0 Å². The average molecular weight is 1070 g/mol. The number of aromatic nitrogens is 4. The predicted octanol–water partition coefficient (Wildman–Crippen LogP) is 12.8. The number of ether oxygens (including phenoxy) is 2. The molecule has 4 saturated carbocycles. The van der Waals surface area contributed by atoms with E-state index in [-0.39, 0.29) is 80.6 Å². The molecule has 6 aliphatic rings. The summed E-state index contributed by atoms with van der Waals surface area (Å²) in [6, 6.07) is 15.7. The number of hydrogen-bond acceptors (Lipinski definition) is 13. The van der Waals surface area contributed by atoms with Gasteiger partial charge in [0.1, 0.15) is 34.1 Å². The summed E-state index contributed by atoms with van der Waals surface area (Å²) in [5.74, 6) is -0.580. The van der Waals surface area contributed by atoms with Crippen LogP contribution in [0.3, 0.4) is 0 Å². The third kappa shape index (κ3) is 9.00. The average Bonchev–Trinajstić information content (AvgIpc) is 4.10. The highest BCUT2D eigenvalue weighted by Crippen LogP contribution is 2.54. The van der Waals surface area contributed by atoms with E-state index in [4.69, 9.17) is 46.1 Å². The maximum atomic E-state index is 15.0. The Labute approximate surface area is 436 Å². The molecular formula is C55H49Cl2F3N6O9. The van der Waals surface area contributed by atoms with Gasteiger partial charge < -0.3 is 42.9 Å². The van der Waals surface area contributed by atoms with Crippen molar-refractivity contribution in [3.8, 4) is 33.6 Å². The highest BCUT2D eigenvalue weighted by atomic mass is 35.5. The minimum atomic E-state index is -4.72. The molecule has 75 heavy (non-hydrogen) atoms. The van der Waals surface area contributed by atoms with E-state index in [1.54, 1.807) is 30.5 Å². The van der Waals surface area contributed by atoms with E-state index in [9.17, 15) is 33.0 Å². The third-order valence-electron chi connectivity index (χ3n) is 16.4. The van der Waals surface area contributed by atoms with Gasteiger partial charge in [0, 0.05) is 60.3 Å². The highest BCUT2D eigenvalue weighted by molar-refractivity contribution is 6.39. The topological polar surface area (TPSA) is 191 Å². The molecule has 6 fully saturated rings. The molecule has 20 heteroatoms. The molecule has 2 N–H and O–H groups in total. The second-order valence-electron chi connectivity index (χ2n) is 21.6. The fraction of sp³-hybridized carbons (Fsp3) is 0.418. The number of carboxylic acid groups (broad SMARTS) is 2. The Kier molecular flexibility index (Phi) is 11.6. The van der Waals surface area contributed by atoms with E-state index in [1.807, 2.05) is 0 Å². The number of alkyl halides is 3. The van der Waals surface area contributed by atoms with Gasteiger partial charge in [0.2, 0.25) is 0 Å². The number of nitrogens with zero attached hydrogens (tertiary/aromatic N) is 6. The standard InChI is InChI=1S/C55H49Cl2F3N6O9/c56-40-16-32(17-41(57)45(40)47-38(49(75-64-47)29-3-4-29)25-72-34-19-53(20-34)11-13-65(26-53)33-7-10-43(51(69)70)61-23-33)30-5-8-39(55(58,59)60)36(15-30)46-37(48(74-63-46)28-1-2-28)24-71-35-21-54(22-35)12-14-66(27-54)52-62-42-9-6-31(50(67)68)18-44(42)73-52/h5-10,15-18,23,28-29,34-35H,1-4,11-14,19-22,24-27H2,(H,67,68)(H,69,70). The first-order valence-electron chi connectivity index (χ1n) is 25.3. The lowest BCUT2D eigenvalue weighted by atomic mass is 9.66. The first-order chi connectivity index (χ1) is 36.1. The van der Waals surface area contributed by atoms with Gasteiger partial charge in [0.15, 0.2) is 5.58 Å². The molecule has 0 unspecified atom stereocenters. The van der Waals surface area contributed by atoms with E-state index in [1.165, 1.54) is 30.3 Å². The van der Waals surface area contributed by atoms with Crippen LogP contribution in [0, 0.1) is 10.8 Å². The number of carboxylic acids is 2. The Hall–Kier alpha value is -6.47. The van der Waals surface area contributed by atoms with Gasteiger partial charge in [-0.05, 0) is 141 Å². The number of benzene rings is 3. The first kappa shape index (κ1) is 48.2. The maximum absolute atomic E-state index is 15.0. The summed E-state index contributed by atoms with van der Waals surface area (Å²) in [7, 11) is 0. The summed E-state index contributed by atoms with van der Waals surface area (Å²) in [4.78, 5) is 35.8. The van der Waals surface area contributed by atoms with Crippen LogP contribution in [0.1, 0.15) is 125 Å². The molecule has 2 saturated heterocycles. The third-order valence-corrected chi connectivity index (χ3v) is 17.0. The van der Waals surface area contributed by atoms with Crippen molar-refractivity contribution in [2.75, 3.05) is 36.0 Å². The summed E-state index contributed by atoms with van der Waals surface area (Å²) in [5.41, 5.74) is 4.24. The number of aromatic carboxylic acids is 2. The van der Waals surface area contributed by atoms with Gasteiger partial charge in [-0.2, -0.15) is 18.2 Å². The van der Waals surface area contributed by atoms with Crippen molar-refractivity contribution in [3.05, 3.63) is 116 Å². The molecule has 0 amide bonds. The lowest BCUT2D eigenvalue weighted by molar-refractivity contribution is -0.137. The van der Waals surface area contributed by atoms with Gasteiger partial charge in [0.05, 0.1) is 58.5 Å². The quantitative estimate of drug-likeness (QED) is 0.0985. The molecule has 13 rings (SSSR count). The number of fused-ring (bicyclic) bond motifs is 1. The molecule has 4 aliphatic carbocycles. The largest absolute Gasteiger partial charge is 0.478 e. The van der Waals surface area contributed by atoms with Crippen LogP contribution < -0.4 is 9.80 Å². The van der Waals surface area contributed by atoms with Crippen LogP contribution in [0.25, 0.3) is 44.7 Å². The number of rotatable bonds is 15. The van der Waals surface area contributed by atoms with Crippen LogP contribution in [0.4, 0.5) is 24.9 Å². The second kappa shape index (κ2) is 18.1. The highest BCUT2D eigenvalue weighted by Gasteiger charge is 2.51. The molecule has 6 heterocycles. The number of carbonyl (C=O) groups is 2. The van der Waals surface area contributed by atoms with Crippen LogP contribution >= 0.6 is 23.2 Å². The normalized spacial score (nSPS) is 23.4. The number of hydrogen-bond donors (Lipinski definition) is 2. The summed E-state index contributed by atoms with van der Waals surface area (Å²) in [6.07, 6.45) is 5.43. The van der Waals surface area contributed by atoms with Crippen molar-refractivity contribution in [2.24, 2.45) is 10.8 Å². The predicted molar refractivity (Wildman–Crippen MR) is 268 cm³/mol. The van der Waals surface area contributed by atoms with E-state index >= 15 is 0 Å². The summed E-state index contributed by atoms with van der Waals surface area (Å²) in [6.45, 7) is 3.32. The Balaban J connectivity index is 0.709. The monoisotopic (exact) mass is 1060 g/mol. The van der Waals surface area contributed by atoms with E-state index in [0.717, 1.165) is 100 Å². The zero-order valence-electron chi connectivity index (χ0n) is 40.3. The fourth-order valence-corrected chi connectivity index (χ4v) is 12.7. The van der Waals surface area contributed by atoms with E-state index < -0.39 is 23.7 Å². The number of oxazole rings is 1. The van der Waals surface area contributed by atoms with Crippen molar-refractivity contribution in [2.45, 2.75) is 108 Å². The van der Waals surface area contributed by atoms with E-state index in [2.05, 4.69) is 30.1 Å². The maximum Gasteiger partial charge on any atom is 0.417 e. The number of pyridine rings is 1. The lowest BCUT2D eigenvalue weighted by Crippen LogP contribution is -2.44. The minimum absolute atomic E-state index is 0.00849.